The molecule has 1 unspecified atom stereocenters. The maximum absolute atomic E-state index is 5.75. The number of hydrogen-bond donors (Lipinski definition) is 0. The predicted molar refractivity (Wildman–Crippen MR) is 65.1 cm³/mol. The molecule has 0 bridgehead atoms. The van der Waals surface area contributed by atoms with Gasteiger partial charge in [-0.2, -0.15) is 0 Å². The summed E-state index contributed by atoms with van der Waals surface area (Å²) in [5.41, 5.74) is 1.36. The van der Waals surface area contributed by atoms with Crippen LogP contribution >= 0.6 is 0 Å². The standard InChI is InChI=1S/C14H22O/c1-3-4-8-13(2)15-12-11-14-9-6-5-7-10-14/h5-7,9-10,13H,3-4,8,11-12H2,1-2H3. The molecule has 0 aromatic heterocycles. The maximum Gasteiger partial charge on any atom is 0.0547 e. The largest absolute Gasteiger partial charge is 0.378 e. The van der Waals surface area contributed by atoms with Crippen LogP contribution in [-0.4, -0.2) is 12.7 Å². The monoisotopic (exact) mass is 206 g/mol. The molecule has 0 spiro atoms. The van der Waals surface area contributed by atoms with Gasteiger partial charge in [0.25, 0.3) is 0 Å². The van der Waals surface area contributed by atoms with Gasteiger partial charge in [0, 0.05) is 0 Å². The Labute approximate surface area is 93.5 Å². The number of benzene rings is 1. The van der Waals surface area contributed by atoms with E-state index in [1.54, 1.807) is 0 Å². The summed E-state index contributed by atoms with van der Waals surface area (Å²) in [7, 11) is 0. The molecule has 0 aliphatic rings. The fraction of sp³-hybridized carbons (Fsp3) is 0.571. The third kappa shape index (κ3) is 5.58. The first kappa shape index (κ1) is 12.3. The van der Waals surface area contributed by atoms with Gasteiger partial charge in [0.2, 0.25) is 0 Å². The fourth-order valence-electron chi connectivity index (χ4n) is 1.60. The summed E-state index contributed by atoms with van der Waals surface area (Å²) < 4.78 is 5.75. The molecule has 0 aliphatic carbocycles. The number of ether oxygens (including phenoxy) is 1. The smallest absolute Gasteiger partial charge is 0.0547 e. The Morgan fingerprint density at radius 1 is 1.20 bits per heavy atom. The lowest BCUT2D eigenvalue weighted by molar-refractivity contribution is 0.0610. The summed E-state index contributed by atoms with van der Waals surface area (Å²) in [4.78, 5) is 0. The summed E-state index contributed by atoms with van der Waals surface area (Å²) in [6.07, 6.45) is 5.15. The zero-order valence-electron chi connectivity index (χ0n) is 9.91. The van der Waals surface area contributed by atoms with Crippen LogP contribution in [0.3, 0.4) is 0 Å². The Balaban J connectivity index is 2.11. The minimum Gasteiger partial charge on any atom is -0.378 e. The Morgan fingerprint density at radius 2 is 1.93 bits per heavy atom. The van der Waals surface area contributed by atoms with E-state index in [0.29, 0.717) is 6.10 Å². The molecule has 1 heteroatoms. The van der Waals surface area contributed by atoms with Crippen LogP contribution in [0.1, 0.15) is 38.7 Å². The highest BCUT2D eigenvalue weighted by molar-refractivity contribution is 5.14. The maximum atomic E-state index is 5.75. The van der Waals surface area contributed by atoms with E-state index in [0.717, 1.165) is 13.0 Å². The van der Waals surface area contributed by atoms with Crippen molar-refractivity contribution in [2.75, 3.05) is 6.61 Å². The van der Waals surface area contributed by atoms with Crippen molar-refractivity contribution in [1.82, 2.24) is 0 Å². The average molecular weight is 206 g/mol. The molecule has 0 N–H and O–H groups in total. The van der Waals surface area contributed by atoms with Crippen LogP contribution in [0, 0.1) is 0 Å². The number of unbranched alkanes of at least 4 members (excludes halogenated alkanes) is 1. The second-order valence-electron chi connectivity index (χ2n) is 4.06. The van der Waals surface area contributed by atoms with Crippen LogP contribution in [0.2, 0.25) is 0 Å². The highest BCUT2D eigenvalue weighted by Crippen LogP contribution is 2.05. The van der Waals surface area contributed by atoms with E-state index in [9.17, 15) is 0 Å². The molecule has 1 atom stereocenters. The van der Waals surface area contributed by atoms with Gasteiger partial charge in [0.05, 0.1) is 12.7 Å². The highest BCUT2D eigenvalue weighted by Gasteiger charge is 2.00. The third-order valence-electron chi connectivity index (χ3n) is 2.60. The van der Waals surface area contributed by atoms with E-state index in [2.05, 4.69) is 38.1 Å². The molecule has 0 amide bonds. The normalized spacial score (nSPS) is 12.7. The zero-order chi connectivity index (χ0) is 10.9. The molecule has 0 saturated heterocycles. The highest BCUT2D eigenvalue weighted by atomic mass is 16.5. The topological polar surface area (TPSA) is 9.23 Å². The molecular formula is C14H22O. The minimum absolute atomic E-state index is 0.411. The summed E-state index contributed by atoms with van der Waals surface area (Å²) in [5.74, 6) is 0. The Bertz CT molecular complexity index is 243. The molecule has 0 radical (unpaired) electrons. The van der Waals surface area contributed by atoms with E-state index < -0.39 is 0 Å². The van der Waals surface area contributed by atoms with Crippen molar-refractivity contribution < 1.29 is 4.74 Å². The molecule has 15 heavy (non-hydrogen) atoms. The molecule has 1 aromatic carbocycles. The van der Waals surface area contributed by atoms with Crippen molar-refractivity contribution in [2.24, 2.45) is 0 Å². The molecule has 1 rings (SSSR count). The van der Waals surface area contributed by atoms with Gasteiger partial charge in [-0.1, -0.05) is 50.1 Å². The average Bonchev–Trinajstić information content (AvgIpc) is 2.28. The SMILES string of the molecule is CCCCC(C)OCCc1ccccc1. The molecule has 84 valence electrons. The summed E-state index contributed by atoms with van der Waals surface area (Å²) in [6, 6.07) is 10.5. The number of hydrogen-bond acceptors (Lipinski definition) is 1. The quantitative estimate of drug-likeness (QED) is 0.659. The molecule has 1 nitrogen and oxygen atoms in total. The van der Waals surface area contributed by atoms with Crippen molar-refractivity contribution in [3.05, 3.63) is 35.9 Å². The summed E-state index contributed by atoms with van der Waals surface area (Å²) >= 11 is 0. The second kappa shape index (κ2) is 7.47. The van der Waals surface area contributed by atoms with Gasteiger partial charge in [-0.05, 0) is 25.3 Å². The molecule has 0 aliphatic heterocycles. The summed E-state index contributed by atoms with van der Waals surface area (Å²) in [6.45, 7) is 5.23. The lowest BCUT2D eigenvalue weighted by atomic mass is 10.1. The van der Waals surface area contributed by atoms with Gasteiger partial charge in [0.15, 0.2) is 0 Å². The number of rotatable bonds is 7. The molecule has 0 saturated carbocycles. The van der Waals surface area contributed by atoms with Crippen LogP contribution in [0.25, 0.3) is 0 Å². The van der Waals surface area contributed by atoms with Crippen LogP contribution in [-0.2, 0) is 11.2 Å². The van der Waals surface area contributed by atoms with Crippen LogP contribution in [0.4, 0.5) is 0 Å². The van der Waals surface area contributed by atoms with Crippen molar-refractivity contribution in [2.45, 2.75) is 45.6 Å². The van der Waals surface area contributed by atoms with Gasteiger partial charge in [-0.3, -0.25) is 0 Å². The first-order valence-corrected chi connectivity index (χ1v) is 5.98. The third-order valence-corrected chi connectivity index (χ3v) is 2.60. The van der Waals surface area contributed by atoms with Gasteiger partial charge in [-0.15, -0.1) is 0 Å². The Hall–Kier alpha value is -0.820. The van der Waals surface area contributed by atoms with E-state index in [1.165, 1.54) is 24.8 Å². The Morgan fingerprint density at radius 3 is 2.60 bits per heavy atom. The van der Waals surface area contributed by atoms with E-state index in [-0.39, 0.29) is 0 Å². The van der Waals surface area contributed by atoms with E-state index in [4.69, 9.17) is 4.74 Å². The predicted octanol–water partition coefficient (Wildman–Crippen LogP) is 3.82. The van der Waals surface area contributed by atoms with Gasteiger partial charge in [0.1, 0.15) is 0 Å². The van der Waals surface area contributed by atoms with Crippen molar-refractivity contribution >= 4 is 0 Å². The summed E-state index contributed by atoms with van der Waals surface area (Å²) in [5, 5.41) is 0. The second-order valence-corrected chi connectivity index (χ2v) is 4.06. The first-order chi connectivity index (χ1) is 7.33. The first-order valence-electron chi connectivity index (χ1n) is 5.98. The van der Waals surface area contributed by atoms with E-state index >= 15 is 0 Å². The Kier molecular flexibility index (Phi) is 6.10. The molecule has 1 aromatic rings. The van der Waals surface area contributed by atoms with Gasteiger partial charge < -0.3 is 4.74 Å². The molecule has 0 heterocycles. The van der Waals surface area contributed by atoms with Gasteiger partial charge >= 0.3 is 0 Å². The molecular weight excluding hydrogens is 184 g/mol. The van der Waals surface area contributed by atoms with Crippen molar-refractivity contribution in [3.63, 3.8) is 0 Å². The van der Waals surface area contributed by atoms with Gasteiger partial charge in [-0.25, -0.2) is 0 Å². The van der Waals surface area contributed by atoms with Crippen LogP contribution < -0.4 is 0 Å². The lowest BCUT2D eigenvalue weighted by Gasteiger charge is -2.12. The van der Waals surface area contributed by atoms with Crippen LogP contribution in [0.15, 0.2) is 30.3 Å². The molecule has 0 fully saturated rings. The van der Waals surface area contributed by atoms with Crippen LogP contribution in [0.5, 0.6) is 0 Å². The van der Waals surface area contributed by atoms with Crippen molar-refractivity contribution in [1.29, 1.82) is 0 Å². The van der Waals surface area contributed by atoms with Crippen molar-refractivity contribution in [3.8, 4) is 0 Å². The van der Waals surface area contributed by atoms with E-state index in [1.807, 2.05) is 6.07 Å². The fourth-order valence-corrected chi connectivity index (χ4v) is 1.60. The zero-order valence-corrected chi connectivity index (χ0v) is 9.91. The lowest BCUT2D eigenvalue weighted by Crippen LogP contribution is -2.10. The minimum atomic E-state index is 0.411.